The third-order valence-electron chi connectivity index (χ3n) is 6.43. The average Bonchev–Trinajstić information content (AvgIpc) is 3.49. The van der Waals surface area contributed by atoms with Gasteiger partial charge in [0.05, 0.1) is 26.0 Å². The molecule has 192 valence electrons. The van der Waals surface area contributed by atoms with Crippen LogP contribution in [0.5, 0.6) is 11.6 Å². The molecule has 0 aliphatic carbocycles. The van der Waals surface area contributed by atoms with E-state index < -0.39 is 0 Å². The predicted molar refractivity (Wildman–Crippen MR) is 143 cm³/mol. The second kappa shape index (κ2) is 12.4. The van der Waals surface area contributed by atoms with Gasteiger partial charge in [0.25, 0.3) is 0 Å². The minimum absolute atomic E-state index is 0.598. The zero-order chi connectivity index (χ0) is 25.3. The summed E-state index contributed by atoms with van der Waals surface area (Å²) in [5.41, 5.74) is 4.45. The van der Waals surface area contributed by atoms with Crippen LogP contribution in [0, 0.1) is 0 Å². The summed E-state index contributed by atoms with van der Waals surface area (Å²) >= 11 is 0. The molecule has 1 aliphatic heterocycles. The SMILES string of the molecule is COc1cccc(CN(Cc2ccc(-n3cccn3)cc2)c2ccnc(OCCN3CCOCC3)c2)c1. The summed E-state index contributed by atoms with van der Waals surface area (Å²) < 4.78 is 18.8. The van der Waals surface area contributed by atoms with E-state index in [2.05, 4.69) is 56.3 Å². The van der Waals surface area contributed by atoms with Crippen LogP contribution >= 0.6 is 0 Å². The Morgan fingerprint density at radius 2 is 1.76 bits per heavy atom. The van der Waals surface area contributed by atoms with Crippen LogP contribution in [-0.2, 0) is 17.8 Å². The molecular formula is C29H33N5O3. The molecule has 4 aromatic rings. The second-order valence-electron chi connectivity index (χ2n) is 8.98. The monoisotopic (exact) mass is 499 g/mol. The zero-order valence-corrected chi connectivity index (χ0v) is 21.2. The van der Waals surface area contributed by atoms with Crippen molar-refractivity contribution >= 4 is 5.69 Å². The van der Waals surface area contributed by atoms with E-state index in [-0.39, 0.29) is 0 Å². The van der Waals surface area contributed by atoms with Crippen LogP contribution in [0.2, 0.25) is 0 Å². The maximum Gasteiger partial charge on any atom is 0.215 e. The summed E-state index contributed by atoms with van der Waals surface area (Å²) in [6.45, 7) is 6.39. The van der Waals surface area contributed by atoms with E-state index in [1.165, 1.54) is 11.1 Å². The normalized spacial score (nSPS) is 13.9. The topological polar surface area (TPSA) is 64.9 Å². The van der Waals surface area contributed by atoms with Crippen LogP contribution in [0.1, 0.15) is 11.1 Å². The van der Waals surface area contributed by atoms with E-state index in [0.29, 0.717) is 12.5 Å². The van der Waals surface area contributed by atoms with E-state index in [0.717, 1.165) is 63.1 Å². The van der Waals surface area contributed by atoms with Crippen LogP contribution in [0.3, 0.4) is 0 Å². The Kier molecular flexibility index (Phi) is 8.30. The molecule has 0 unspecified atom stereocenters. The quantitative estimate of drug-likeness (QED) is 0.307. The van der Waals surface area contributed by atoms with Gasteiger partial charge in [0.1, 0.15) is 12.4 Å². The number of hydrogen-bond donors (Lipinski definition) is 0. The predicted octanol–water partition coefficient (Wildman–Crippen LogP) is 4.19. The number of morpholine rings is 1. The summed E-state index contributed by atoms with van der Waals surface area (Å²) in [6, 6.07) is 22.7. The van der Waals surface area contributed by atoms with Crippen molar-refractivity contribution in [1.29, 1.82) is 0 Å². The molecule has 2 aromatic carbocycles. The van der Waals surface area contributed by atoms with Gasteiger partial charge in [-0.25, -0.2) is 9.67 Å². The van der Waals surface area contributed by atoms with E-state index in [9.17, 15) is 0 Å². The highest BCUT2D eigenvalue weighted by Gasteiger charge is 2.13. The Morgan fingerprint density at radius 1 is 0.919 bits per heavy atom. The summed E-state index contributed by atoms with van der Waals surface area (Å²) in [6.07, 6.45) is 5.55. The Morgan fingerprint density at radius 3 is 2.54 bits per heavy atom. The Balaban J connectivity index is 1.32. The van der Waals surface area contributed by atoms with Crippen LogP contribution in [-0.4, -0.2) is 66.2 Å². The summed E-state index contributed by atoms with van der Waals surface area (Å²) in [5.74, 6) is 1.48. The fourth-order valence-electron chi connectivity index (χ4n) is 4.40. The molecule has 0 saturated carbocycles. The number of hydrogen-bond acceptors (Lipinski definition) is 7. The van der Waals surface area contributed by atoms with Crippen molar-refractivity contribution in [2.75, 3.05) is 51.5 Å². The third kappa shape index (κ3) is 6.87. The van der Waals surface area contributed by atoms with Gasteiger partial charge in [-0.05, 0) is 47.5 Å². The number of benzene rings is 2. The maximum atomic E-state index is 6.04. The van der Waals surface area contributed by atoms with Crippen LogP contribution in [0.15, 0.2) is 85.3 Å². The first kappa shape index (κ1) is 24.8. The van der Waals surface area contributed by atoms with E-state index in [4.69, 9.17) is 14.2 Å². The summed E-state index contributed by atoms with van der Waals surface area (Å²) in [7, 11) is 1.70. The fraction of sp³-hybridized carbons (Fsp3) is 0.310. The molecule has 0 radical (unpaired) electrons. The van der Waals surface area contributed by atoms with Crippen LogP contribution in [0.25, 0.3) is 5.69 Å². The molecule has 1 saturated heterocycles. The molecule has 1 fully saturated rings. The molecule has 2 aromatic heterocycles. The smallest absolute Gasteiger partial charge is 0.215 e. The van der Waals surface area contributed by atoms with Gasteiger partial charge in [-0.15, -0.1) is 0 Å². The molecule has 0 atom stereocenters. The Labute approximate surface area is 218 Å². The minimum atomic E-state index is 0.598. The van der Waals surface area contributed by atoms with Gasteiger partial charge in [0.15, 0.2) is 0 Å². The molecule has 0 amide bonds. The fourth-order valence-corrected chi connectivity index (χ4v) is 4.40. The number of nitrogens with zero attached hydrogens (tertiary/aromatic N) is 5. The first-order chi connectivity index (χ1) is 18.3. The lowest BCUT2D eigenvalue weighted by Crippen LogP contribution is -2.38. The van der Waals surface area contributed by atoms with Crippen molar-refractivity contribution < 1.29 is 14.2 Å². The molecule has 37 heavy (non-hydrogen) atoms. The molecule has 8 nitrogen and oxygen atoms in total. The number of aromatic nitrogens is 3. The van der Waals surface area contributed by atoms with Crippen LogP contribution < -0.4 is 14.4 Å². The average molecular weight is 500 g/mol. The number of rotatable bonds is 11. The molecule has 1 aliphatic rings. The molecule has 3 heterocycles. The molecule has 5 rings (SSSR count). The van der Waals surface area contributed by atoms with Crippen molar-refractivity contribution in [3.8, 4) is 17.3 Å². The molecule has 0 bridgehead atoms. The van der Waals surface area contributed by atoms with Crippen molar-refractivity contribution in [3.05, 3.63) is 96.4 Å². The van der Waals surface area contributed by atoms with Gasteiger partial charge < -0.3 is 19.1 Å². The zero-order valence-electron chi connectivity index (χ0n) is 21.2. The molecule has 0 spiro atoms. The number of anilines is 1. The van der Waals surface area contributed by atoms with Gasteiger partial charge in [0, 0.05) is 63.1 Å². The summed E-state index contributed by atoms with van der Waals surface area (Å²) in [4.78, 5) is 9.15. The first-order valence-corrected chi connectivity index (χ1v) is 12.6. The van der Waals surface area contributed by atoms with Gasteiger partial charge in [0.2, 0.25) is 5.88 Å². The molecule has 0 N–H and O–H groups in total. The van der Waals surface area contributed by atoms with E-state index >= 15 is 0 Å². The molecule has 8 heteroatoms. The summed E-state index contributed by atoms with van der Waals surface area (Å²) in [5, 5.41) is 4.33. The number of methoxy groups -OCH3 is 1. The van der Waals surface area contributed by atoms with E-state index in [1.807, 2.05) is 47.4 Å². The highest BCUT2D eigenvalue weighted by Crippen LogP contribution is 2.25. The van der Waals surface area contributed by atoms with Crippen molar-refractivity contribution in [1.82, 2.24) is 19.7 Å². The maximum absolute atomic E-state index is 6.04. The van der Waals surface area contributed by atoms with Gasteiger partial charge in [-0.1, -0.05) is 24.3 Å². The highest BCUT2D eigenvalue weighted by molar-refractivity contribution is 5.50. The Hall–Kier alpha value is -3.88. The Bertz CT molecular complexity index is 1240. The lowest BCUT2D eigenvalue weighted by Gasteiger charge is -2.27. The van der Waals surface area contributed by atoms with Crippen molar-refractivity contribution in [2.24, 2.45) is 0 Å². The highest BCUT2D eigenvalue weighted by atomic mass is 16.5. The van der Waals surface area contributed by atoms with Crippen molar-refractivity contribution in [2.45, 2.75) is 13.1 Å². The second-order valence-corrected chi connectivity index (χ2v) is 8.98. The lowest BCUT2D eigenvalue weighted by molar-refractivity contribution is 0.0320. The lowest BCUT2D eigenvalue weighted by atomic mass is 10.1. The number of ether oxygens (including phenoxy) is 3. The molecular weight excluding hydrogens is 466 g/mol. The van der Waals surface area contributed by atoms with Gasteiger partial charge >= 0.3 is 0 Å². The first-order valence-electron chi connectivity index (χ1n) is 12.6. The van der Waals surface area contributed by atoms with Crippen molar-refractivity contribution in [3.63, 3.8) is 0 Å². The third-order valence-corrected chi connectivity index (χ3v) is 6.43. The standard InChI is InChI=1S/C29H33N5O3/c1-35-28-5-2-4-25(20-28)23-33(22-24-6-8-26(9-7-24)34-13-3-11-31-34)27-10-12-30-29(21-27)37-19-16-32-14-17-36-18-15-32/h2-13,20-21H,14-19,22-23H2,1H3. The van der Waals surface area contributed by atoms with Gasteiger partial charge in [-0.2, -0.15) is 5.10 Å². The van der Waals surface area contributed by atoms with Crippen LogP contribution in [0.4, 0.5) is 5.69 Å². The van der Waals surface area contributed by atoms with Gasteiger partial charge in [-0.3, -0.25) is 4.90 Å². The number of pyridine rings is 1. The minimum Gasteiger partial charge on any atom is -0.497 e. The largest absolute Gasteiger partial charge is 0.497 e. The van der Waals surface area contributed by atoms with E-state index in [1.54, 1.807) is 13.3 Å².